The van der Waals surface area contributed by atoms with Gasteiger partial charge in [-0.15, -0.1) is 11.3 Å². The summed E-state index contributed by atoms with van der Waals surface area (Å²) in [6.45, 7) is 3.03. The Morgan fingerprint density at radius 1 is 1.10 bits per heavy atom. The third-order valence-corrected chi connectivity index (χ3v) is 5.51. The lowest BCUT2D eigenvalue weighted by Gasteiger charge is -2.15. The molecule has 1 aromatic carbocycles. The predicted octanol–water partition coefficient (Wildman–Crippen LogP) is 3.73. The summed E-state index contributed by atoms with van der Waals surface area (Å²) >= 11 is 1.38. The first kappa shape index (κ1) is 19.6. The summed E-state index contributed by atoms with van der Waals surface area (Å²) in [6.07, 6.45) is 2.96. The van der Waals surface area contributed by atoms with Gasteiger partial charge in [0.25, 0.3) is 17.8 Å². The molecule has 1 saturated heterocycles. The average molecular weight is 421 g/mol. The van der Waals surface area contributed by atoms with Crippen molar-refractivity contribution in [3.8, 4) is 0 Å². The molecule has 1 aliphatic heterocycles. The molecule has 1 fully saturated rings. The molecule has 9 heteroatoms. The van der Waals surface area contributed by atoms with Crippen LogP contribution in [0.2, 0.25) is 0 Å². The molecule has 30 heavy (non-hydrogen) atoms. The fourth-order valence-corrected chi connectivity index (χ4v) is 3.78. The normalized spacial score (nSPS) is 13.1. The number of anilines is 3. The Morgan fingerprint density at radius 3 is 2.57 bits per heavy atom. The first-order chi connectivity index (χ1) is 14.5. The number of carbonyl (C=O) groups excluding carboxylic acids is 2. The summed E-state index contributed by atoms with van der Waals surface area (Å²) in [7, 11) is 0. The van der Waals surface area contributed by atoms with Crippen LogP contribution in [0.3, 0.4) is 0 Å². The van der Waals surface area contributed by atoms with Gasteiger partial charge in [0, 0.05) is 22.4 Å². The number of amides is 2. The lowest BCUT2D eigenvalue weighted by molar-refractivity contribution is 0.102. The number of benzene rings is 1. The maximum atomic E-state index is 12.8. The van der Waals surface area contributed by atoms with Gasteiger partial charge in [-0.2, -0.15) is 0 Å². The Bertz CT molecular complexity index is 1110. The van der Waals surface area contributed by atoms with Gasteiger partial charge in [0.15, 0.2) is 0 Å². The molecule has 0 saturated carbocycles. The number of rotatable bonds is 5. The van der Waals surface area contributed by atoms with E-state index in [9.17, 15) is 9.59 Å². The summed E-state index contributed by atoms with van der Waals surface area (Å²) in [5, 5.41) is 13.3. The molecule has 0 atom stereocenters. The third-order valence-electron chi connectivity index (χ3n) is 4.51. The smallest absolute Gasteiger partial charge is 0.289 e. The number of aromatic nitrogens is 1. The van der Waals surface area contributed by atoms with Gasteiger partial charge in [-0.05, 0) is 49.4 Å². The maximum Gasteiger partial charge on any atom is 0.289 e. The summed E-state index contributed by atoms with van der Waals surface area (Å²) < 4.78 is 5.15. The van der Waals surface area contributed by atoms with Crippen molar-refractivity contribution in [2.24, 2.45) is 0 Å². The average Bonchev–Trinajstić information content (AvgIpc) is 3.37. The van der Waals surface area contributed by atoms with Crippen LogP contribution in [0.25, 0.3) is 0 Å². The minimum atomic E-state index is -0.361. The number of hydrogen-bond acceptors (Lipinski definition) is 6. The molecule has 0 spiro atoms. The standard InChI is InChI=1S/C21H19N5O3S/c1-13-2-7-18(30-13)20(28)25-17-12-23-9-8-16(17)19(27)24-14-3-5-15(6-4-14)26-10-11-29-21(26)22/h2-9,12,22H,10-11H2,1H3,(H,24,27)(H,25,28). The van der Waals surface area contributed by atoms with E-state index < -0.39 is 0 Å². The van der Waals surface area contributed by atoms with E-state index in [1.165, 1.54) is 23.7 Å². The van der Waals surface area contributed by atoms with Crippen molar-refractivity contribution in [2.45, 2.75) is 6.92 Å². The maximum absolute atomic E-state index is 12.8. The molecule has 1 aliphatic rings. The Morgan fingerprint density at radius 2 is 1.90 bits per heavy atom. The Kier molecular flexibility index (Phi) is 5.44. The summed E-state index contributed by atoms with van der Waals surface area (Å²) in [6, 6.07) is 12.4. The molecular formula is C21H19N5O3S. The van der Waals surface area contributed by atoms with Crippen LogP contribution < -0.4 is 15.5 Å². The first-order valence-corrected chi connectivity index (χ1v) is 10.0. The van der Waals surface area contributed by atoms with Crippen LogP contribution in [0.5, 0.6) is 0 Å². The second kappa shape index (κ2) is 8.34. The van der Waals surface area contributed by atoms with Gasteiger partial charge in [-0.3, -0.25) is 24.9 Å². The molecule has 2 amide bonds. The number of nitrogens with one attached hydrogen (secondary N) is 3. The first-order valence-electron chi connectivity index (χ1n) is 9.23. The van der Waals surface area contributed by atoms with Crippen molar-refractivity contribution in [3.63, 3.8) is 0 Å². The number of aryl methyl sites for hydroxylation is 1. The van der Waals surface area contributed by atoms with Crippen molar-refractivity contribution in [1.29, 1.82) is 5.41 Å². The van der Waals surface area contributed by atoms with E-state index in [0.29, 0.717) is 35.0 Å². The number of ether oxygens (including phenoxy) is 1. The van der Waals surface area contributed by atoms with E-state index in [4.69, 9.17) is 10.1 Å². The van der Waals surface area contributed by atoms with Gasteiger partial charge >= 0.3 is 0 Å². The largest absolute Gasteiger partial charge is 0.463 e. The van der Waals surface area contributed by atoms with Gasteiger partial charge in [0.1, 0.15) is 6.61 Å². The SMILES string of the molecule is Cc1ccc(C(=O)Nc2cnccc2C(=O)Nc2ccc(N3CCOC3=N)cc2)s1. The number of thiophene rings is 1. The van der Waals surface area contributed by atoms with Crippen LogP contribution in [0.15, 0.2) is 54.9 Å². The summed E-state index contributed by atoms with van der Waals surface area (Å²) in [5.74, 6) is -0.644. The van der Waals surface area contributed by atoms with E-state index in [1.807, 2.05) is 25.1 Å². The molecule has 4 rings (SSSR count). The van der Waals surface area contributed by atoms with Gasteiger partial charge in [0.05, 0.1) is 28.9 Å². The van der Waals surface area contributed by atoms with Gasteiger partial charge in [-0.1, -0.05) is 0 Å². The highest BCUT2D eigenvalue weighted by molar-refractivity contribution is 7.14. The van der Waals surface area contributed by atoms with Crippen molar-refractivity contribution in [3.05, 3.63) is 70.2 Å². The Labute approximate surface area is 177 Å². The molecule has 152 valence electrons. The highest BCUT2D eigenvalue weighted by Crippen LogP contribution is 2.23. The Balaban J connectivity index is 1.47. The number of pyridine rings is 1. The van der Waals surface area contributed by atoms with Crippen LogP contribution >= 0.6 is 11.3 Å². The number of carbonyl (C=O) groups is 2. The van der Waals surface area contributed by atoms with E-state index in [2.05, 4.69) is 15.6 Å². The molecule has 8 nitrogen and oxygen atoms in total. The molecule has 3 aromatic rings. The topological polar surface area (TPSA) is 107 Å². The highest BCUT2D eigenvalue weighted by atomic mass is 32.1. The minimum absolute atomic E-state index is 0.116. The minimum Gasteiger partial charge on any atom is -0.463 e. The zero-order valence-corrected chi connectivity index (χ0v) is 17.0. The van der Waals surface area contributed by atoms with Crippen LogP contribution in [-0.4, -0.2) is 36.0 Å². The van der Waals surface area contributed by atoms with Crippen LogP contribution in [0.4, 0.5) is 17.1 Å². The van der Waals surface area contributed by atoms with E-state index >= 15 is 0 Å². The van der Waals surface area contributed by atoms with Gasteiger partial charge < -0.3 is 15.4 Å². The summed E-state index contributed by atoms with van der Waals surface area (Å²) in [4.78, 5) is 32.6. The molecule has 3 heterocycles. The molecule has 0 aliphatic carbocycles. The highest BCUT2D eigenvalue weighted by Gasteiger charge is 2.20. The van der Waals surface area contributed by atoms with E-state index in [1.54, 1.807) is 29.2 Å². The zero-order valence-electron chi connectivity index (χ0n) is 16.1. The zero-order chi connectivity index (χ0) is 21.1. The Hall–Kier alpha value is -3.72. The molecule has 0 unspecified atom stereocenters. The van der Waals surface area contributed by atoms with Crippen molar-refractivity contribution in [1.82, 2.24) is 4.98 Å². The molecule has 0 bridgehead atoms. The molecular weight excluding hydrogens is 402 g/mol. The van der Waals surface area contributed by atoms with Crippen LogP contribution in [0, 0.1) is 12.3 Å². The molecule has 2 aromatic heterocycles. The lowest BCUT2D eigenvalue weighted by Crippen LogP contribution is -2.23. The number of amidine groups is 1. The fourth-order valence-electron chi connectivity index (χ4n) is 3.02. The molecule has 3 N–H and O–H groups in total. The second-order valence-corrected chi connectivity index (χ2v) is 7.88. The van der Waals surface area contributed by atoms with Crippen LogP contribution in [-0.2, 0) is 4.74 Å². The monoisotopic (exact) mass is 421 g/mol. The lowest BCUT2D eigenvalue weighted by atomic mass is 10.2. The van der Waals surface area contributed by atoms with Crippen LogP contribution in [0.1, 0.15) is 24.9 Å². The molecule has 0 radical (unpaired) electrons. The second-order valence-electron chi connectivity index (χ2n) is 6.59. The number of hydrogen-bond donors (Lipinski definition) is 3. The predicted molar refractivity (Wildman–Crippen MR) is 117 cm³/mol. The fraction of sp³-hybridized carbons (Fsp3) is 0.143. The van der Waals surface area contributed by atoms with Crippen molar-refractivity contribution >= 4 is 46.2 Å². The van der Waals surface area contributed by atoms with Gasteiger partial charge in [-0.25, -0.2) is 0 Å². The van der Waals surface area contributed by atoms with Crippen molar-refractivity contribution in [2.75, 3.05) is 28.7 Å². The van der Waals surface area contributed by atoms with Gasteiger partial charge in [0.2, 0.25) is 0 Å². The van der Waals surface area contributed by atoms with E-state index in [-0.39, 0.29) is 17.8 Å². The van der Waals surface area contributed by atoms with Crippen molar-refractivity contribution < 1.29 is 14.3 Å². The third kappa shape index (κ3) is 4.15. The quantitative estimate of drug-likeness (QED) is 0.582. The van der Waals surface area contributed by atoms with E-state index in [0.717, 1.165) is 10.6 Å². The summed E-state index contributed by atoms with van der Waals surface area (Å²) in [5.41, 5.74) is 2.06. The number of nitrogens with zero attached hydrogens (tertiary/aromatic N) is 2.